The third-order valence-electron chi connectivity index (χ3n) is 2.74. The molecule has 108 valence electrons. The summed E-state index contributed by atoms with van der Waals surface area (Å²) in [6.45, 7) is 0. The van der Waals surface area contributed by atoms with Gasteiger partial charge in [-0.1, -0.05) is 0 Å². The topological polar surface area (TPSA) is 79.2 Å². The van der Waals surface area contributed by atoms with Gasteiger partial charge in [-0.15, -0.1) is 0 Å². The van der Waals surface area contributed by atoms with Crippen molar-refractivity contribution in [1.82, 2.24) is 5.32 Å². The van der Waals surface area contributed by atoms with Crippen LogP contribution in [0.4, 0.5) is 22.7 Å². The second-order valence-corrected chi connectivity index (χ2v) is 4.62. The number of nitrogens with zero attached hydrogens (tertiary/aromatic N) is 1. The van der Waals surface area contributed by atoms with Gasteiger partial charge in [-0.05, 0) is 48.6 Å². The molecule has 0 unspecified atom stereocenters. The van der Waals surface area contributed by atoms with Crippen molar-refractivity contribution in [2.45, 2.75) is 0 Å². The minimum absolute atomic E-state index is 0.0701. The zero-order chi connectivity index (χ0) is 15.2. The second-order valence-electron chi connectivity index (χ2n) is 4.21. The van der Waals surface area contributed by atoms with Gasteiger partial charge in [-0.25, -0.2) is 0 Å². The molecule has 3 N–H and O–H groups in total. The number of nitro benzene ring substituents is 1. The molecule has 0 saturated heterocycles. The van der Waals surface area contributed by atoms with E-state index in [0.29, 0.717) is 5.11 Å². The molecule has 0 atom stereocenters. The predicted octanol–water partition coefficient (Wildman–Crippen LogP) is 3.25. The lowest BCUT2D eigenvalue weighted by molar-refractivity contribution is -0.384. The minimum atomic E-state index is -0.422. The van der Waals surface area contributed by atoms with Crippen molar-refractivity contribution in [2.75, 3.05) is 17.7 Å². The van der Waals surface area contributed by atoms with Gasteiger partial charge in [0.25, 0.3) is 5.69 Å². The van der Waals surface area contributed by atoms with Crippen LogP contribution < -0.4 is 16.0 Å². The molecule has 0 heterocycles. The number of hydrogen-bond donors (Lipinski definition) is 3. The summed E-state index contributed by atoms with van der Waals surface area (Å²) in [5, 5.41) is 20.1. The van der Waals surface area contributed by atoms with Gasteiger partial charge in [-0.3, -0.25) is 10.1 Å². The van der Waals surface area contributed by atoms with Gasteiger partial charge in [0.05, 0.1) is 4.92 Å². The molecule has 0 amide bonds. The smallest absolute Gasteiger partial charge is 0.269 e. The van der Waals surface area contributed by atoms with Gasteiger partial charge in [0, 0.05) is 36.2 Å². The summed E-state index contributed by atoms with van der Waals surface area (Å²) in [6, 6.07) is 13.8. The van der Waals surface area contributed by atoms with Crippen molar-refractivity contribution in [3.8, 4) is 0 Å². The van der Waals surface area contributed by atoms with Crippen molar-refractivity contribution in [3.63, 3.8) is 0 Å². The zero-order valence-electron chi connectivity index (χ0n) is 11.3. The Hall–Kier alpha value is -2.67. The van der Waals surface area contributed by atoms with E-state index in [2.05, 4.69) is 16.0 Å². The normalized spacial score (nSPS) is 9.76. The molecule has 2 rings (SSSR count). The summed E-state index contributed by atoms with van der Waals surface area (Å²) in [6.07, 6.45) is 0. The summed E-state index contributed by atoms with van der Waals surface area (Å²) < 4.78 is 0. The maximum Gasteiger partial charge on any atom is 0.269 e. The van der Waals surface area contributed by atoms with Crippen LogP contribution in [0.2, 0.25) is 0 Å². The fourth-order valence-electron chi connectivity index (χ4n) is 1.66. The molecule has 0 saturated carbocycles. The molecule has 0 aromatic heterocycles. The predicted molar refractivity (Wildman–Crippen MR) is 88.1 cm³/mol. The fraction of sp³-hybridized carbons (Fsp3) is 0.0714. The first-order valence-corrected chi connectivity index (χ1v) is 6.59. The lowest BCUT2D eigenvalue weighted by Gasteiger charge is -2.09. The highest BCUT2D eigenvalue weighted by Gasteiger charge is 2.04. The lowest BCUT2D eigenvalue weighted by atomic mass is 10.2. The molecule has 0 aliphatic heterocycles. The van der Waals surface area contributed by atoms with E-state index in [1.807, 2.05) is 24.3 Å². The summed E-state index contributed by atoms with van der Waals surface area (Å²) in [7, 11) is 1.75. The molecule has 0 radical (unpaired) electrons. The Kier molecular flexibility index (Phi) is 4.68. The number of rotatable bonds is 4. The van der Waals surface area contributed by atoms with Crippen LogP contribution >= 0.6 is 12.2 Å². The van der Waals surface area contributed by atoms with Crippen LogP contribution in [0.15, 0.2) is 48.5 Å². The Morgan fingerprint density at radius 2 is 1.48 bits per heavy atom. The van der Waals surface area contributed by atoms with Crippen LogP contribution in [-0.2, 0) is 0 Å². The first kappa shape index (κ1) is 14.7. The maximum absolute atomic E-state index is 10.6. The molecule has 2 aromatic carbocycles. The van der Waals surface area contributed by atoms with Crippen LogP contribution in [0.5, 0.6) is 0 Å². The van der Waals surface area contributed by atoms with Crippen LogP contribution in [0.3, 0.4) is 0 Å². The van der Waals surface area contributed by atoms with Gasteiger partial charge >= 0.3 is 0 Å². The Morgan fingerprint density at radius 3 is 1.95 bits per heavy atom. The molecule has 6 nitrogen and oxygen atoms in total. The first-order valence-electron chi connectivity index (χ1n) is 6.19. The van der Waals surface area contributed by atoms with Crippen LogP contribution in [0.1, 0.15) is 0 Å². The second kappa shape index (κ2) is 6.67. The molecule has 0 aliphatic carbocycles. The van der Waals surface area contributed by atoms with Crippen LogP contribution in [-0.4, -0.2) is 17.1 Å². The standard InChI is InChI=1S/C14H14N4O2S/c1-15-14(21)17-12-4-2-10(3-5-12)16-11-6-8-13(9-7-11)18(19)20/h2-9,16H,1H3,(H2,15,17,21). The van der Waals surface area contributed by atoms with E-state index in [4.69, 9.17) is 12.2 Å². The zero-order valence-corrected chi connectivity index (χ0v) is 12.1. The number of non-ortho nitro benzene ring substituents is 1. The van der Waals surface area contributed by atoms with Crippen LogP contribution in [0, 0.1) is 10.1 Å². The Balaban J connectivity index is 2.02. The highest BCUT2D eigenvalue weighted by molar-refractivity contribution is 7.80. The number of hydrogen-bond acceptors (Lipinski definition) is 4. The molecule has 21 heavy (non-hydrogen) atoms. The SMILES string of the molecule is CNC(=S)Nc1ccc(Nc2ccc([N+](=O)[O-])cc2)cc1. The highest BCUT2D eigenvalue weighted by atomic mass is 32.1. The van der Waals surface area contributed by atoms with Crippen molar-refractivity contribution in [1.29, 1.82) is 0 Å². The Bertz CT molecular complexity index is 641. The third-order valence-corrected chi connectivity index (χ3v) is 3.04. The molecular weight excluding hydrogens is 288 g/mol. The van der Waals surface area contributed by atoms with E-state index in [9.17, 15) is 10.1 Å². The van der Waals surface area contributed by atoms with E-state index < -0.39 is 4.92 Å². The number of benzene rings is 2. The van der Waals surface area contributed by atoms with E-state index in [1.54, 1.807) is 19.2 Å². The van der Waals surface area contributed by atoms with E-state index in [0.717, 1.165) is 17.1 Å². The quantitative estimate of drug-likeness (QED) is 0.457. The molecule has 7 heteroatoms. The largest absolute Gasteiger partial charge is 0.366 e. The van der Waals surface area contributed by atoms with Gasteiger partial charge in [0.2, 0.25) is 0 Å². The number of nitro groups is 1. The number of anilines is 3. The Labute approximate surface area is 127 Å². The fourth-order valence-corrected chi connectivity index (χ4v) is 1.78. The monoisotopic (exact) mass is 302 g/mol. The maximum atomic E-state index is 10.6. The average molecular weight is 302 g/mol. The van der Waals surface area contributed by atoms with Crippen molar-refractivity contribution >= 4 is 40.1 Å². The van der Waals surface area contributed by atoms with Crippen molar-refractivity contribution in [3.05, 3.63) is 58.6 Å². The first-order chi connectivity index (χ1) is 10.1. The molecule has 0 aliphatic rings. The van der Waals surface area contributed by atoms with Gasteiger partial charge < -0.3 is 16.0 Å². The van der Waals surface area contributed by atoms with E-state index >= 15 is 0 Å². The van der Waals surface area contributed by atoms with Crippen LogP contribution in [0.25, 0.3) is 0 Å². The summed E-state index contributed by atoms with van der Waals surface area (Å²) in [5.74, 6) is 0. The minimum Gasteiger partial charge on any atom is -0.366 e. The number of nitrogens with one attached hydrogen (secondary N) is 3. The summed E-state index contributed by atoms with van der Waals surface area (Å²) >= 11 is 5.02. The van der Waals surface area contributed by atoms with Crippen molar-refractivity contribution in [2.24, 2.45) is 0 Å². The third kappa shape index (κ3) is 4.15. The van der Waals surface area contributed by atoms with Gasteiger partial charge in [-0.2, -0.15) is 0 Å². The van der Waals surface area contributed by atoms with Gasteiger partial charge in [0.1, 0.15) is 0 Å². The number of thiocarbonyl (C=S) groups is 1. The van der Waals surface area contributed by atoms with Gasteiger partial charge in [0.15, 0.2) is 5.11 Å². The lowest BCUT2D eigenvalue weighted by Crippen LogP contribution is -2.23. The molecular formula is C14H14N4O2S. The molecule has 0 spiro atoms. The van der Waals surface area contributed by atoms with Crippen molar-refractivity contribution < 1.29 is 4.92 Å². The summed E-state index contributed by atoms with van der Waals surface area (Å²) in [4.78, 5) is 10.2. The Morgan fingerprint density at radius 1 is 1.00 bits per heavy atom. The average Bonchev–Trinajstić information content (AvgIpc) is 2.49. The molecule has 0 fully saturated rings. The summed E-state index contributed by atoms with van der Waals surface area (Å²) in [5.41, 5.74) is 2.61. The molecule has 2 aromatic rings. The molecule has 0 bridgehead atoms. The highest BCUT2D eigenvalue weighted by Crippen LogP contribution is 2.21. The van der Waals surface area contributed by atoms with E-state index in [1.165, 1.54) is 12.1 Å². The van der Waals surface area contributed by atoms with E-state index in [-0.39, 0.29) is 5.69 Å².